The molecule has 0 bridgehead atoms. The van der Waals surface area contributed by atoms with Crippen molar-refractivity contribution in [2.24, 2.45) is 0 Å². The number of hydrogen-bond acceptors (Lipinski definition) is 5. The molecule has 1 aliphatic rings. The Morgan fingerprint density at radius 1 is 0.792 bits per heavy atom. The van der Waals surface area contributed by atoms with E-state index in [9.17, 15) is 0 Å². The highest BCUT2D eigenvalue weighted by molar-refractivity contribution is 5.53. The topological polar surface area (TPSA) is 49.0 Å². The smallest absolute Gasteiger partial charge is 0.161 e. The van der Waals surface area contributed by atoms with Crippen molar-refractivity contribution in [2.75, 3.05) is 35.0 Å². The van der Waals surface area contributed by atoms with Crippen molar-refractivity contribution < 1.29 is 18.9 Å². The van der Waals surface area contributed by atoms with E-state index in [0.717, 1.165) is 41.5 Å². The van der Waals surface area contributed by atoms with E-state index in [2.05, 4.69) is 23.5 Å². The number of methoxy groups -OCH3 is 4. The van der Waals surface area contributed by atoms with Gasteiger partial charge in [-0.15, -0.1) is 0 Å². The van der Waals surface area contributed by atoms with E-state index < -0.39 is 0 Å². The van der Waals surface area contributed by atoms with Gasteiger partial charge in [-0.05, 0) is 47.4 Å². The van der Waals surface area contributed by atoms with Crippen LogP contribution in [0.1, 0.15) is 22.7 Å². The van der Waals surface area contributed by atoms with E-state index in [1.54, 1.807) is 28.4 Å². The van der Waals surface area contributed by atoms with Gasteiger partial charge in [-0.25, -0.2) is 0 Å². The van der Waals surface area contributed by atoms with Crippen molar-refractivity contribution in [1.29, 1.82) is 0 Å². The van der Waals surface area contributed by atoms with Crippen LogP contribution in [0.3, 0.4) is 0 Å². The molecule has 0 spiro atoms. The first kappa shape index (κ1) is 16.5. The molecule has 0 unspecified atom stereocenters. The highest BCUT2D eigenvalue weighted by atomic mass is 16.5. The zero-order valence-electron chi connectivity index (χ0n) is 14.5. The molecule has 1 aliphatic heterocycles. The Balaban J connectivity index is 2.06. The van der Waals surface area contributed by atoms with Crippen molar-refractivity contribution >= 4 is 0 Å². The van der Waals surface area contributed by atoms with Crippen LogP contribution in [0.15, 0.2) is 30.3 Å². The van der Waals surface area contributed by atoms with Gasteiger partial charge in [-0.2, -0.15) is 0 Å². The largest absolute Gasteiger partial charge is 0.493 e. The predicted molar refractivity (Wildman–Crippen MR) is 92.6 cm³/mol. The van der Waals surface area contributed by atoms with Crippen LogP contribution in [0.2, 0.25) is 0 Å². The summed E-state index contributed by atoms with van der Waals surface area (Å²) >= 11 is 0. The summed E-state index contributed by atoms with van der Waals surface area (Å²) in [5.41, 5.74) is 3.60. The lowest BCUT2D eigenvalue weighted by Gasteiger charge is -2.29. The molecule has 5 heteroatoms. The molecule has 0 saturated carbocycles. The Morgan fingerprint density at radius 2 is 1.42 bits per heavy atom. The van der Waals surface area contributed by atoms with Gasteiger partial charge in [-0.1, -0.05) is 6.07 Å². The molecule has 24 heavy (non-hydrogen) atoms. The first-order chi connectivity index (χ1) is 11.7. The lowest BCUT2D eigenvalue weighted by atomic mass is 9.89. The summed E-state index contributed by atoms with van der Waals surface area (Å²) < 4.78 is 21.7. The highest BCUT2D eigenvalue weighted by Gasteiger charge is 2.24. The Labute approximate surface area is 142 Å². The minimum absolute atomic E-state index is 0.0772. The van der Waals surface area contributed by atoms with Crippen molar-refractivity contribution in [1.82, 2.24) is 5.32 Å². The normalized spacial score (nSPS) is 16.2. The summed E-state index contributed by atoms with van der Waals surface area (Å²) in [5.74, 6) is 2.96. The molecule has 0 radical (unpaired) electrons. The first-order valence-corrected chi connectivity index (χ1v) is 7.92. The van der Waals surface area contributed by atoms with E-state index in [1.807, 2.05) is 12.1 Å². The molecule has 1 N–H and O–H groups in total. The van der Waals surface area contributed by atoms with Crippen LogP contribution < -0.4 is 24.3 Å². The van der Waals surface area contributed by atoms with Gasteiger partial charge >= 0.3 is 0 Å². The molecule has 0 aromatic heterocycles. The number of nitrogens with one attached hydrogen (secondary N) is 1. The fourth-order valence-electron chi connectivity index (χ4n) is 3.21. The van der Waals surface area contributed by atoms with Crippen LogP contribution in [0, 0.1) is 0 Å². The molecule has 1 atom stereocenters. The standard InChI is InChI=1S/C19H23NO4/c1-21-15-6-5-13(10-16(15)22-2)19-14-11-18(24-4)17(23-3)9-12(14)7-8-20-19/h5-6,9-11,19-20H,7-8H2,1-4H3/t19-/m0/s1. The fraction of sp³-hybridized carbons (Fsp3) is 0.368. The zero-order valence-corrected chi connectivity index (χ0v) is 14.5. The molecule has 1 heterocycles. The Morgan fingerprint density at radius 3 is 2.08 bits per heavy atom. The van der Waals surface area contributed by atoms with E-state index >= 15 is 0 Å². The first-order valence-electron chi connectivity index (χ1n) is 7.92. The number of hydrogen-bond donors (Lipinski definition) is 1. The zero-order chi connectivity index (χ0) is 17.1. The summed E-state index contributed by atoms with van der Waals surface area (Å²) in [4.78, 5) is 0. The SMILES string of the molecule is COc1ccc([C@@H]2NCCc3cc(OC)c(OC)cc32)cc1OC. The predicted octanol–water partition coefficient (Wildman–Crippen LogP) is 2.96. The van der Waals surface area contributed by atoms with Crippen LogP contribution in [-0.2, 0) is 6.42 Å². The maximum Gasteiger partial charge on any atom is 0.161 e. The van der Waals surface area contributed by atoms with Crippen molar-refractivity contribution in [3.63, 3.8) is 0 Å². The minimum atomic E-state index is 0.0772. The average Bonchev–Trinajstić information content (AvgIpc) is 2.65. The summed E-state index contributed by atoms with van der Waals surface area (Å²) in [5, 5.41) is 3.58. The monoisotopic (exact) mass is 329 g/mol. The van der Waals surface area contributed by atoms with Crippen LogP contribution in [-0.4, -0.2) is 35.0 Å². The van der Waals surface area contributed by atoms with Gasteiger partial charge in [0.2, 0.25) is 0 Å². The lowest BCUT2D eigenvalue weighted by molar-refractivity contribution is 0.352. The van der Waals surface area contributed by atoms with Gasteiger partial charge in [0.25, 0.3) is 0 Å². The van der Waals surface area contributed by atoms with Crippen molar-refractivity contribution in [3.8, 4) is 23.0 Å². The second-order valence-electron chi connectivity index (χ2n) is 5.66. The lowest BCUT2D eigenvalue weighted by Crippen LogP contribution is -2.30. The maximum absolute atomic E-state index is 5.47. The third-order valence-electron chi connectivity index (χ3n) is 4.44. The second kappa shape index (κ2) is 7.01. The molecular formula is C19H23NO4. The van der Waals surface area contributed by atoms with E-state index in [1.165, 1.54) is 11.1 Å². The quantitative estimate of drug-likeness (QED) is 0.914. The molecule has 5 nitrogen and oxygen atoms in total. The van der Waals surface area contributed by atoms with E-state index in [-0.39, 0.29) is 6.04 Å². The summed E-state index contributed by atoms with van der Waals surface area (Å²) in [6.07, 6.45) is 0.958. The van der Waals surface area contributed by atoms with Gasteiger partial charge < -0.3 is 24.3 Å². The molecule has 0 fully saturated rings. The second-order valence-corrected chi connectivity index (χ2v) is 5.66. The molecule has 0 amide bonds. The van der Waals surface area contributed by atoms with Crippen molar-refractivity contribution in [2.45, 2.75) is 12.5 Å². The Bertz CT molecular complexity index is 730. The summed E-state index contributed by atoms with van der Waals surface area (Å²) in [6, 6.07) is 10.2. The minimum Gasteiger partial charge on any atom is -0.493 e. The summed E-state index contributed by atoms with van der Waals surface area (Å²) in [6.45, 7) is 0.904. The van der Waals surface area contributed by atoms with Crippen LogP contribution >= 0.6 is 0 Å². The van der Waals surface area contributed by atoms with Crippen LogP contribution in [0.5, 0.6) is 23.0 Å². The van der Waals surface area contributed by atoms with E-state index in [4.69, 9.17) is 18.9 Å². The Kier molecular flexibility index (Phi) is 4.81. The average molecular weight is 329 g/mol. The molecule has 3 rings (SSSR count). The van der Waals surface area contributed by atoms with Gasteiger partial charge in [-0.3, -0.25) is 0 Å². The van der Waals surface area contributed by atoms with Gasteiger partial charge in [0.1, 0.15) is 0 Å². The third kappa shape index (κ3) is 2.87. The van der Waals surface area contributed by atoms with Crippen molar-refractivity contribution in [3.05, 3.63) is 47.0 Å². The molecule has 0 aliphatic carbocycles. The van der Waals surface area contributed by atoms with Gasteiger partial charge in [0.05, 0.1) is 34.5 Å². The van der Waals surface area contributed by atoms with Crippen LogP contribution in [0.4, 0.5) is 0 Å². The molecule has 0 saturated heterocycles. The van der Waals surface area contributed by atoms with E-state index in [0.29, 0.717) is 0 Å². The number of rotatable bonds is 5. The Hall–Kier alpha value is -2.40. The maximum atomic E-state index is 5.47. The fourth-order valence-corrected chi connectivity index (χ4v) is 3.21. The molecular weight excluding hydrogens is 306 g/mol. The number of ether oxygens (including phenoxy) is 4. The highest BCUT2D eigenvalue weighted by Crippen LogP contribution is 2.39. The van der Waals surface area contributed by atoms with Gasteiger partial charge in [0, 0.05) is 6.54 Å². The third-order valence-corrected chi connectivity index (χ3v) is 4.44. The molecule has 2 aromatic carbocycles. The summed E-state index contributed by atoms with van der Waals surface area (Å²) in [7, 11) is 6.61. The number of benzene rings is 2. The van der Waals surface area contributed by atoms with Gasteiger partial charge in [0.15, 0.2) is 23.0 Å². The van der Waals surface area contributed by atoms with Crippen LogP contribution in [0.25, 0.3) is 0 Å². The number of fused-ring (bicyclic) bond motifs is 1. The molecule has 2 aromatic rings. The molecule has 128 valence electrons.